The molecule has 0 N–H and O–H groups in total. The SMILES string of the molecule is c1ccc(-c2ccc(N(c3ccc4ccccc4c3)c3c4ccccc4c(N(c4ccc(-c5ccccn5)cc4)c4ccc5ccccc5c4)c4ccccc34)cc2)nc1. The van der Waals surface area contributed by atoms with Gasteiger partial charge >= 0.3 is 0 Å². The molecule has 0 atom stereocenters. The van der Waals surface area contributed by atoms with Crippen LogP contribution in [-0.4, -0.2) is 9.97 Å². The lowest BCUT2D eigenvalue weighted by atomic mass is 9.95. The second-order valence-corrected chi connectivity index (χ2v) is 15.0. The maximum absolute atomic E-state index is 4.65. The molecular formula is C56H38N4. The van der Waals surface area contributed by atoms with Gasteiger partial charge in [-0.05, 0) is 94.3 Å². The maximum atomic E-state index is 4.65. The third-order valence-corrected chi connectivity index (χ3v) is 11.5. The van der Waals surface area contributed by atoms with Crippen molar-refractivity contribution in [3.8, 4) is 22.5 Å². The Kier molecular flexibility index (Phi) is 8.79. The van der Waals surface area contributed by atoms with E-state index < -0.39 is 0 Å². The van der Waals surface area contributed by atoms with Gasteiger partial charge in [-0.15, -0.1) is 0 Å². The van der Waals surface area contributed by atoms with Crippen molar-refractivity contribution in [2.75, 3.05) is 9.80 Å². The minimum Gasteiger partial charge on any atom is -0.309 e. The van der Waals surface area contributed by atoms with Crippen LogP contribution in [0.3, 0.4) is 0 Å². The molecule has 60 heavy (non-hydrogen) atoms. The number of benzene rings is 9. The summed E-state index contributed by atoms with van der Waals surface area (Å²) in [4.78, 5) is 14.2. The zero-order valence-corrected chi connectivity index (χ0v) is 32.7. The van der Waals surface area contributed by atoms with Crippen LogP contribution in [-0.2, 0) is 0 Å². The lowest BCUT2D eigenvalue weighted by molar-refractivity contribution is 1.29. The molecule has 0 fully saturated rings. The molecule has 0 radical (unpaired) electrons. The van der Waals surface area contributed by atoms with E-state index in [1.807, 2.05) is 36.7 Å². The number of hydrogen-bond donors (Lipinski definition) is 0. The molecule has 0 amide bonds. The van der Waals surface area contributed by atoms with Crippen LogP contribution >= 0.6 is 0 Å². The molecule has 0 saturated carbocycles. The van der Waals surface area contributed by atoms with Crippen molar-refractivity contribution in [3.63, 3.8) is 0 Å². The Balaban J connectivity index is 1.18. The van der Waals surface area contributed by atoms with E-state index in [2.05, 4.69) is 214 Å². The second-order valence-electron chi connectivity index (χ2n) is 15.0. The summed E-state index contributed by atoms with van der Waals surface area (Å²) in [5.41, 5.74) is 10.6. The smallest absolute Gasteiger partial charge is 0.0701 e. The van der Waals surface area contributed by atoms with E-state index in [0.29, 0.717) is 0 Å². The molecule has 0 bridgehead atoms. The molecule has 2 aromatic heterocycles. The van der Waals surface area contributed by atoms with E-state index in [-0.39, 0.29) is 0 Å². The van der Waals surface area contributed by atoms with E-state index in [1.165, 1.54) is 21.5 Å². The number of pyridine rings is 2. The van der Waals surface area contributed by atoms with Gasteiger partial charge in [0.05, 0.1) is 22.8 Å². The van der Waals surface area contributed by atoms with Crippen LogP contribution in [0.25, 0.3) is 65.6 Å². The molecule has 0 aliphatic rings. The summed E-state index contributed by atoms with van der Waals surface area (Å²) in [6.45, 7) is 0. The summed E-state index contributed by atoms with van der Waals surface area (Å²) in [5, 5.41) is 9.36. The van der Waals surface area contributed by atoms with E-state index in [9.17, 15) is 0 Å². The second kappa shape index (κ2) is 15.0. The molecular weight excluding hydrogens is 729 g/mol. The number of rotatable bonds is 8. The van der Waals surface area contributed by atoms with Crippen LogP contribution in [0.4, 0.5) is 34.1 Å². The van der Waals surface area contributed by atoms with Gasteiger partial charge in [-0.1, -0.05) is 146 Å². The third-order valence-electron chi connectivity index (χ3n) is 11.5. The van der Waals surface area contributed by atoms with Gasteiger partial charge in [-0.2, -0.15) is 0 Å². The molecule has 9 aromatic carbocycles. The molecule has 4 heteroatoms. The van der Waals surface area contributed by atoms with Crippen LogP contribution in [0, 0.1) is 0 Å². The van der Waals surface area contributed by atoms with Crippen LogP contribution < -0.4 is 9.80 Å². The molecule has 0 aliphatic heterocycles. The summed E-state index contributed by atoms with van der Waals surface area (Å²) in [7, 11) is 0. The Labute approximate surface area is 348 Å². The zero-order valence-electron chi connectivity index (χ0n) is 32.7. The van der Waals surface area contributed by atoms with Gasteiger partial charge in [0.2, 0.25) is 0 Å². The molecule has 11 aromatic rings. The van der Waals surface area contributed by atoms with Gasteiger partial charge in [-0.25, -0.2) is 0 Å². The van der Waals surface area contributed by atoms with Gasteiger partial charge < -0.3 is 9.80 Å². The topological polar surface area (TPSA) is 32.3 Å². The first kappa shape index (κ1) is 35.1. The Hall–Kier alpha value is -8.08. The third kappa shape index (κ3) is 6.28. The van der Waals surface area contributed by atoms with Crippen LogP contribution in [0.2, 0.25) is 0 Å². The molecule has 0 spiro atoms. The van der Waals surface area contributed by atoms with Crippen molar-refractivity contribution in [3.05, 3.63) is 231 Å². The first-order chi connectivity index (χ1) is 29.8. The first-order valence-corrected chi connectivity index (χ1v) is 20.3. The van der Waals surface area contributed by atoms with E-state index >= 15 is 0 Å². The van der Waals surface area contributed by atoms with Crippen LogP contribution in [0.1, 0.15) is 0 Å². The van der Waals surface area contributed by atoms with Crippen molar-refractivity contribution in [1.82, 2.24) is 9.97 Å². The minimum absolute atomic E-state index is 0.948. The van der Waals surface area contributed by atoms with Crippen molar-refractivity contribution < 1.29 is 0 Å². The highest BCUT2D eigenvalue weighted by atomic mass is 15.2. The monoisotopic (exact) mass is 766 g/mol. The van der Waals surface area contributed by atoms with Gasteiger partial charge in [0, 0.05) is 67.8 Å². The molecule has 11 rings (SSSR count). The quantitative estimate of drug-likeness (QED) is 0.114. The Morgan fingerprint density at radius 3 is 0.967 bits per heavy atom. The number of nitrogens with zero attached hydrogens (tertiary/aromatic N) is 4. The summed E-state index contributed by atoms with van der Waals surface area (Å²) in [6, 6.07) is 78.2. The molecule has 4 nitrogen and oxygen atoms in total. The Bertz CT molecular complexity index is 3030. The van der Waals surface area contributed by atoms with Crippen LogP contribution in [0.5, 0.6) is 0 Å². The van der Waals surface area contributed by atoms with Gasteiger partial charge in [-0.3, -0.25) is 9.97 Å². The highest BCUT2D eigenvalue weighted by molar-refractivity contribution is 6.23. The standard InChI is InChI=1S/C56H38N4/c1-3-15-43-37-47(33-23-39(43)13-1)59(45-29-25-41(26-30-45)53-21-9-11-35-57-53)55-49-17-5-7-19-51(49)56(52-20-8-6-18-50(52)55)60(48-34-24-40-14-2-4-16-44(40)38-48)46-31-27-42(28-32-46)54-22-10-12-36-58-54/h1-38H. The van der Waals surface area contributed by atoms with Gasteiger partial charge in [0.25, 0.3) is 0 Å². The average Bonchev–Trinajstić information content (AvgIpc) is 3.33. The predicted octanol–water partition coefficient (Wildman–Crippen LogP) is 15.4. The lowest BCUT2D eigenvalue weighted by Crippen LogP contribution is -2.14. The molecule has 0 aliphatic carbocycles. The van der Waals surface area contributed by atoms with Gasteiger partial charge in [0.1, 0.15) is 0 Å². The van der Waals surface area contributed by atoms with Crippen molar-refractivity contribution in [2.24, 2.45) is 0 Å². The predicted molar refractivity (Wildman–Crippen MR) is 252 cm³/mol. The normalized spacial score (nSPS) is 11.3. The lowest BCUT2D eigenvalue weighted by Gasteiger charge is -2.33. The minimum atomic E-state index is 0.948. The zero-order chi connectivity index (χ0) is 39.8. The molecule has 0 unspecified atom stereocenters. The fraction of sp³-hybridized carbons (Fsp3) is 0. The highest BCUT2D eigenvalue weighted by Gasteiger charge is 2.26. The molecule has 282 valence electrons. The van der Waals surface area contributed by atoms with Gasteiger partial charge in [0.15, 0.2) is 0 Å². The summed E-state index contributed by atoms with van der Waals surface area (Å²) in [6.07, 6.45) is 3.70. The Morgan fingerprint density at radius 1 is 0.267 bits per heavy atom. The molecule has 0 saturated heterocycles. The van der Waals surface area contributed by atoms with E-state index in [4.69, 9.17) is 0 Å². The summed E-state index contributed by atoms with van der Waals surface area (Å²) >= 11 is 0. The summed E-state index contributed by atoms with van der Waals surface area (Å²) < 4.78 is 0. The van der Waals surface area contributed by atoms with Crippen molar-refractivity contribution >= 4 is 77.2 Å². The van der Waals surface area contributed by atoms with Crippen LogP contribution in [0.15, 0.2) is 231 Å². The Morgan fingerprint density at radius 2 is 0.600 bits per heavy atom. The molecule has 2 heterocycles. The van der Waals surface area contributed by atoms with E-state index in [0.717, 1.165) is 78.2 Å². The van der Waals surface area contributed by atoms with Crippen molar-refractivity contribution in [1.29, 1.82) is 0 Å². The highest BCUT2D eigenvalue weighted by Crippen LogP contribution is 2.51. The average molecular weight is 767 g/mol. The summed E-state index contributed by atoms with van der Waals surface area (Å²) in [5.74, 6) is 0. The fourth-order valence-electron chi connectivity index (χ4n) is 8.64. The number of fused-ring (bicyclic) bond motifs is 4. The number of anilines is 6. The number of hydrogen-bond acceptors (Lipinski definition) is 4. The number of aromatic nitrogens is 2. The fourth-order valence-corrected chi connectivity index (χ4v) is 8.64. The first-order valence-electron chi connectivity index (χ1n) is 20.3. The largest absolute Gasteiger partial charge is 0.309 e. The van der Waals surface area contributed by atoms with E-state index in [1.54, 1.807) is 0 Å². The maximum Gasteiger partial charge on any atom is 0.0701 e. The van der Waals surface area contributed by atoms with Crippen molar-refractivity contribution in [2.45, 2.75) is 0 Å².